The first-order valence-corrected chi connectivity index (χ1v) is 9.28. The Labute approximate surface area is 123 Å². The molecule has 0 aromatic rings. The molecule has 8 atom stereocenters. The summed E-state index contributed by atoms with van der Waals surface area (Å²) in [6.07, 6.45) is 14.9. The van der Waals surface area contributed by atoms with E-state index in [0.717, 1.165) is 23.7 Å². The van der Waals surface area contributed by atoms with E-state index in [1.165, 1.54) is 44.9 Å². The van der Waals surface area contributed by atoms with Gasteiger partial charge in [0.05, 0.1) is 12.2 Å². The number of epoxide rings is 1. The van der Waals surface area contributed by atoms with Crippen LogP contribution < -0.4 is 0 Å². The second-order valence-electron chi connectivity index (χ2n) is 9.28. The third-order valence-corrected chi connectivity index (χ3v) is 8.74. The Bertz CT molecular complexity index is 431. The molecule has 5 rings (SSSR count). The molecule has 2 unspecified atom stereocenters. The fraction of sp³-hybridized carbons (Fsp3) is 1.00. The van der Waals surface area contributed by atoms with Gasteiger partial charge in [0.15, 0.2) is 0 Å². The van der Waals surface area contributed by atoms with Crippen LogP contribution in [0, 0.1) is 34.5 Å². The van der Waals surface area contributed by atoms with E-state index < -0.39 is 0 Å². The number of ether oxygens (including phenoxy) is 1. The third kappa shape index (κ3) is 1.39. The largest absolute Gasteiger partial charge is 0.369 e. The van der Waals surface area contributed by atoms with E-state index in [9.17, 15) is 0 Å². The minimum atomic E-state index is 0.559. The van der Waals surface area contributed by atoms with Crippen molar-refractivity contribution in [3.63, 3.8) is 0 Å². The van der Waals surface area contributed by atoms with Gasteiger partial charge in [-0.3, -0.25) is 0 Å². The molecule has 4 saturated carbocycles. The quantitative estimate of drug-likeness (QED) is 0.578. The molecular formula is C19H30O. The van der Waals surface area contributed by atoms with E-state index in [1.54, 1.807) is 12.8 Å². The van der Waals surface area contributed by atoms with Gasteiger partial charge in [-0.05, 0) is 79.4 Å². The molecule has 0 aromatic carbocycles. The van der Waals surface area contributed by atoms with E-state index in [1.807, 2.05) is 0 Å². The van der Waals surface area contributed by atoms with Gasteiger partial charge in [-0.1, -0.05) is 26.7 Å². The van der Waals surface area contributed by atoms with Crippen molar-refractivity contribution in [3.05, 3.63) is 0 Å². The van der Waals surface area contributed by atoms with Gasteiger partial charge in [0, 0.05) is 0 Å². The highest BCUT2D eigenvalue weighted by atomic mass is 16.6. The maximum atomic E-state index is 5.94. The van der Waals surface area contributed by atoms with Crippen molar-refractivity contribution in [2.45, 2.75) is 83.8 Å². The molecule has 1 saturated heterocycles. The molecule has 5 aliphatic rings. The average Bonchev–Trinajstić information content (AvgIpc) is 3.16. The maximum Gasteiger partial charge on any atom is 0.0898 e. The monoisotopic (exact) mass is 274 g/mol. The summed E-state index contributed by atoms with van der Waals surface area (Å²) < 4.78 is 5.94. The second-order valence-corrected chi connectivity index (χ2v) is 9.28. The molecular weight excluding hydrogens is 244 g/mol. The minimum absolute atomic E-state index is 0.559. The molecule has 0 spiro atoms. The highest BCUT2D eigenvalue weighted by molar-refractivity contribution is 5.16. The van der Waals surface area contributed by atoms with E-state index in [0.29, 0.717) is 23.0 Å². The van der Waals surface area contributed by atoms with Crippen molar-refractivity contribution in [2.75, 3.05) is 0 Å². The average molecular weight is 274 g/mol. The first-order chi connectivity index (χ1) is 9.63. The predicted octanol–water partition coefficient (Wildman–Crippen LogP) is 4.80. The van der Waals surface area contributed by atoms with Crippen molar-refractivity contribution < 1.29 is 4.74 Å². The molecule has 0 N–H and O–H groups in total. The molecule has 4 aliphatic carbocycles. The van der Waals surface area contributed by atoms with Crippen molar-refractivity contribution in [1.29, 1.82) is 0 Å². The Kier molecular flexibility index (Phi) is 2.39. The van der Waals surface area contributed by atoms with Crippen LogP contribution in [-0.2, 0) is 4.74 Å². The van der Waals surface area contributed by atoms with Gasteiger partial charge in [0.25, 0.3) is 0 Å². The van der Waals surface area contributed by atoms with Crippen LogP contribution in [0.15, 0.2) is 0 Å². The lowest BCUT2D eigenvalue weighted by Crippen LogP contribution is -2.53. The van der Waals surface area contributed by atoms with Gasteiger partial charge in [-0.25, -0.2) is 0 Å². The topological polar surface area (TPSA) is 12.5 Å². The molecule has 0 amide bonds. The SMILES string of the molecule is C[C@]12CCCC[C@@H]1CC[C@@H]1[C@@H]2CC[C@]2(C)C3OC3C[C@@H]12. The summed E-state index contributed by atoms with van der Waals surface area (Å²) in [5.41, 5.74) is 1.26. The Balaban J connectivity index is 1.48. The molecule has 1 nitrogen and oxygen atoms in total. The lowest BCUT2D eigenvalue weighted by Gasteiger charge is -2.60. The summed E-state index contributed by atoms with van der Waals surface area (Å²) >= 11 is 0. The number of hydrogen-bond acceptors (Lipinski definition) is 1. The van der Waals surface area contributed by atoms with Gasteiger partial charge >= 0.3 is 0 Å². The molecule has 1 aliphatic heterocycles. The molecule has 0 bridgehead atoms. The standard InChI is InChI=1S/C19H30O/c1-18-9-4-3-5-12(18)6-7-13-14(18)8-10-19(2)15(13)11-16-17(19)20-16/h12-17H,3-11H2,1-2H3/t12-,13-,14+,15+,16?,17?,18+,19+/m1/s1. The van der Waals surface area contributed by atoms with Gasteiger partial charge in [0.2, 0.25) is 0 Å². The normalized spacial score (nSPS) is 63.9. The van der Waals surface area contributed by atoms with Gasteiger partial charge in [-0.15, -0.1) is 0 Å². The highest BCUT2D eigenvalue weighted by Gasteiger charge is 2.67. The van der Waals surface area contributed by atoms with Gasteiger partial charge < -0.3 is 4.74 Å². The molecule has 5 fully saturated rings. The van der Waals surface area contributed by atoms with Crippen molar-refractivity contribution >= 4 is 0 Å². The summed E-state index contributed by atoms with van der Waals surface area (Å²) in [5.74, 6) is 4.17. The van der Waals surface area contributed by atoms with Crippen LogP contribution in [0.4, 0.5) is 0 Å². The Morgan fingerprint density at radius 2 is 1.75 bits per heavy atom. The Hall–Kier alpha value is -0.0400. The molecule has 112 valence electrons. The van der Waals surface area contributed by atoms with E-state index >= 15 is 0 Å². The van der Waals surface area contributed by atoms with Crippen molar-refractivity contribution in [2.24, 2.45) is 34.5 Å². The smallest absolute Gasteiger partial charge is 0.0898 e. The molecule has 20 heavy (non-hydrogen) atoms. The van der Waals surface area contributed by atoms with E-state index in [4.69, 9.17) is 4.74 Å². The molecule has 0 aromatic heterocycles. The van der Waals surface area contributed by atoms with Crippen molar-refractivity contribution in [3.8, 4) is 0 Å². The van der Waals surface area contributed by atoms with Crippen LogP contribution in [0.5, 0.6) is 0 Å². The van der Waals surface area contributed by atoms with Gasteiger partial charge in [-0.2, -0.15) is 0 Å². The summed E-state index contributed by atoms with van der Waals surface area (Å²) in [5, 5.41) is 0. The lowest BCUT2D eigenvalue weighted by molar-refractivity contribution is -0.117. The van der Waals surface area contributed by atoms with Crippen LogP contribution in [0.25, 0.3) is 0 Å². The highest BCUT2D eigenvalue weighted by Crippen LogP contribution is 2.69. The number of fused-ring (bicyclic) bond motifs is 7. The second kappa shape index (κ2) is 3.83. The third-order valence-electron chi connectivity index (χ3n) is 8.74. The van der Waals surface area contributed by atoms with Gasteiger partial charge in [0.1, 0.15) is 0 Å². The van der Waals surface area contributed by atoms with Crippen LogP contribution in [0.3, 0.4) is 0 Å². The molecule has 1 heterocycles. The first-order valence-electron chi connectivity index (χ1n) is 9.28. The van der Waals surface area contributed by atoms with Crippen LogP contribution in [0.1, 0.15) is 71.6 Å². The zero-order valence-corrected chi connectivity index (χ0v) is 13.2. The minimum Gasteiger partial charge on any atom is -0.369 e. The number of hydrogen-bond donors (Lipinski definition) is 0. The summed E-state index contributed by atoms with van der Waals surface area (Å²) in [7, 11) is 0. The first kappa shape index (κ1) is 12.5. The zero-order chi connectivity index (χ0) is 13.5. The Morgan fingerprint density at radius 1 is 0.850 bits per heavy atom. The van der Waals surface area contributed by atoms with E-state index in [-0.39, 0.29) is 0 Å². The van der Waals surface area contributed by atoms with Crippen LogP contribution in [-0.4, -0.2) is 12.2 Å². The van der Waals surface area contributed by atoms with Crippen LogP contribution in [0.2, 0.25) is 0 Å². The zero-order valence-electron chi connectivity index (χ0n) is 13.2. The predicted molar refractivity (Wildman–Crippen MR) is 80.4 cm³/mol. The molecule has 0 radical (unpaired) electrons. The summed E-state index contributed by atoms with van der Waals surface area (Å²) in [4.78, 5) is 0. The maximum absolute atomic E-state index is 5.94. The molecule has 1 heteroatoms. The summed E-state index contributed by atoms with van der Waals surface area (Å²) in [6.45, 7) is 5.25. The fourth-order valence-corrected chi connectivity index (χ4v) is 7.59. The lowest BCUT2D eigenvalue weighted by atomic mass is 9.45. The Morgan fingerprint density at radius 3 is 2.65 bits per heavy atom. The summed E-state index contributed by atoms with van der Waals surface area (Å²) in [6, 6.07) is 0. The fourth-order valence-electron chi connectivity index (χ4n) is 7.59. The van der Waals surface area contributed by atoms with Crippen LogP contribution >= 0.6 is 0 Å². The van der Waals surface area contributed by atoms with E-state index in [2.05, 4.69) is 13.8 Å². The van der Waals surface area contributed by atoms with Crippen molar-refractivity contribution in [1.82, 2.24) is 0 Å². The number of rotatable bonds is 0.